The molecule has 0 spiro atoms. The van der Waals surface area contributed by atoms with Crippen LogP contribution in [0.2, 0.25) is 5.02 Å². The Hall–Kier alpha value is -1.63. The number of nitrogens with zero attached hydrogens (tertiary/aromatic N) is 2. The molecule has 0 fully saturated rings. The van der Waals surface area contributed by atoms with Gasteiger partial charge >= 0.3 is 0 Å². The summed E-state index contributed by atoms with van der Waals surface area (Å²) >= 11 is 7.56. The monoisotopic (exact) mass is 410 g/mol. The maximum Gasteiger partial charge on any atom is 0.283 e. The second kappa shape index (κ2) is 8.17. The number of carbonyl (C=O) groups excluding carboxylic acids is 1. The number of ether oxygens (including phenoxy) is 2. The van der Waals surface area contributed by atoms with Gasteiger partial charge in [0.1, 0.15) is 5.75 Å². The first-order valence-corrected chi connectivity index (χ1v) is 9.85. The molecule has 0 saturated carbocycles. The number of rotatable bonds is 5. The highest BCUT2D eigenvalue weighted by Crippen LogP contribution is 2.26. The number of hydrogen-bond donors (Lipinski definition) is 0. The predicted molar refractivity (Wildman–Crippen MR) is 110 cm³/mol. The van der Waals surface area contributed by atoms with E-state index in [2.05, 4.69) is 25.8 Å². The van der Waals surface area contributed by atoms with E-state index in [9.17, 15) is 4.79 Å². The fourth-order valence-electron chi connectivity index (χ4n) is 2.40. The van der Waals surface area contributed by atoms with Crippen LogP contribution in [0.15, 0.2) is 29.4 Å². The molecule has 148 valence electrons. The van der Waals surface area contributed by atoms with Crippen LogP contribution in [0.4, 0.5) is 0 Å². The van der Waals surface area contributed by atoms with Crippen molar-refractivity contribution in [2.45, 2.75) is 52.2 Å². The van der Waals surface area contributed by atoms with E-state index in [1.165, 1.54) is 18.4 Å². The van der Waals surface area contributed by atoms with Crippen molar-refractivity contribution < 1.29 is 14.3 Å². The summed E-state index contributed by atoms with van der Waals surface area (Å²) in [6, 6.07) is 4.93. The lowest BCUT2D eigenvalue weighted by molar-refractivity contribution is 0.00749. The van der Waals surface area contributed by atoms with Crippen LogP contribution in [0, 0.1) is 0 Å². The number of aromatic nitrogens is 1. The number of methoxy groups -OCH3 is 2. The van der Waals surface area contributed by atoms with Gasteiger partial charge in [-0.05, 0) is 37.5 Å². The number of halogens is 1. The van der Waals surface area contributed by atoms with Gasteiger partial charge in [-0.25, -0.2) is 0 Å². The molecule has 0 aliphatic carbocycles. The van der Waals surface area contributed by atoms with Gasteiger partial charge in [0.15, 0.2) is 4.80 Å². The number of benzene rings is 1. The summed E-state index contributed by atoms with van der Waals surface area (Å²) in [5, 5.41) is 0.462. The summed E-state index contributed by atoms with van der Waals surface area (Å²) in [4.78, 5) is 19.0. The fourth-order valence-corrected chi connectivity index (χ4v) is 3.61. The number of hydrogen-bond acceptors (Lipinski definition) is 4. The van der Waals surface area contributed by atoms with Gasteiger partial charge in [-0.2, -0.15) is 4.99 Å². The second-order valence-corrected chi connectivity index (χ2v) is 9.43. The van der Waals surface area contributed by atoms with Crippen LogP contribution >= 0.6 is 22.9 Å². The van der Waals surface area contributed by atoms with Gasteiger partial charge in [0.25, 0.3) is 5.91 Å². The van der Waals surface area contributed by atoms with Gasteiger partial charge in [0.05, 0.1) is 24.8 Å². The third-order valence-corrected chi connectivity index (χ3v) is 5.83. The zero-order valence-electron chi connectivity index (χ0n) is 16.9. The van der Waals surface area contributed by atoms with E-state index in [0.29, 0.717) is 27.7 Å². The molecule has 0 aliphatic rings. The molecule has 0 bridgehead atoms. The van der Waals surface area contributed by atoms with Gasteiger partial charge in [0, 0.05) is 23.2 Å². The first-order chi connectivity index (χ1) is 12.5. The van der Waals surface area contributed by atoms with Gasteiger partial charge in [0.2, 0.25) is 0 Å². The zero-order valence-corrected chi connectivity index (χ0v) is 18.5. The number of carbonyl (C=O) groups is 1. The molecule has 1 amide bonds. The van der Waals surface area contributed by atoms with Crippen LogP contribution in [0.3, 0.4) is 0 Å². The zero-order chi connectivity index (χ0) is 20.4. The van der Waals surface area contributed by atoms with Crippen LogP contribution in [0.5, 0.6) is 5.75 Å². The molecule has 2 aromatic rings. The summed E-state index contributed by atoms with van der Waals surface area (Å²) in [6.45, 7) is 11.0. The molecule has 7 heteroatoms. The molecule has 2 rings (SSSR count). The van der Waals surface area contributed by atoms with E-state index < -0.39 is 0 Å². The first kappa shape index (κ1) is 21.7. The van der Waals surface area contributed by atoms with Crippen molar-refractivity contribution in [3.8, 4) is 5.75 Å². The standard InChI is InChI=1S/C20H27ClN2O3S/c1-19(2,3)16-11-23(12-20(4,5)26-7)18(27-16)22-17(24)14-10-13(21)8-9-15(14)25-6/h8-11H,12H2,1-7H3/b22-18-. The Kier molecular flexibility index (Phi) is 6.55. The molecule has 5 nitrogen and oxygen atoms in total. The molecule has 1 aromatic heterocycles. The molecule has 0 radical (unpaired) electrons. The molecule has 0 atom stereocenters. The Balaban J connectivity index is 2.57. The molecule has 27 heavy (non-hydrogen) atoms. The number of amides is 1. The van der Waals surface area contributed by atoms with E-state index in [0.717, 1.165) is 4.88 Å². The molecule has 0 N–H and O–H groups in total. The lowest BCUT2D eigenvalue weighted by Gasteiger charge is -2.23. The van der Waals surface area contributed by atoms with Crippen molar-refractivity contribution in [2.24, 2.45) is 4.99 Å². The van der Waals surface area contributed by atoms with Gasteiger partial charge in [-0.1, -0.05) is 32.4 Å². The van der Waals surface area contributed by atoms with Crippen molar-refractivity contribution in [3.05, 3.63) is 44.7 Å². The number of thiazole rings is 1. The smallest absolute Gasteiger partial charge is 0.283 e. The van der Waals surface area contributed by atoms with Crippen molar-refractivity contribution in [1.29, 1.82) is 0 Å². The highest BCUT2D eigenvalue weighted by Gasteiger charge is 2.23. The molecule has 1 heterocycles. The fraction of sp³-hybridized carbons (Fsp3) is 0.500. The molecule has 0 saturated heterocycles. The Morgan fingerprint density at radius 1 is 1.22 bits per heavy atom. The Morgan fingerprint density at radius 2 is 1.89 bits per heavy atom. The highest BCUT2D eigenvalue weighted by atomic mass is 35.5. The third kappa shape index (κ3) is 5.43. The Morgan fingerprint density at radius 3 is 2.44 bits per heavy atom. The van der Waals surface area contributed by atoms with Crippen molar-refractivity contribution >= 4 is 28.8 Å². The SMILES string of the molecule is COc1ccc(Cl)cc1C(=O)/N=c1\sc(C(C)(C)C)cn1CC(C)(C)OC. The van der Waals surface area contributed by atoms with Crippen LogP contribution in [-0.2, 0) is 16.7 Å². The summed E-state index contributed by atoms with van der Waals surface area (Å²) in [7, 11) is 3.19. The van der Waals surface area contributed by atoms with E-state index in [1.54, 1.807) is 25.3 Å². The lowest BCUT2D eigenvalue weighted by Crippen LogP contribution is -2.33. The largest absolute Gasteiger partial charge is 0.496 e. The van der Waals surface area contributed by atoms with Crippen LogP contribution in [0.25, 0.3) is 0 Å². The summed E-state index contributed by atoms with van der Waals surface area (Å²) in [5.74, 6) is 0.0603. The van der Waals surface area contributed by atoms with Crippen LogP contribution < -0.4 is 9.54 Å². The maximum atomic E-state index is 12.8. The van der Waals surface area contributed by atoms with Gasteiger partial charge in [-0.15, -0.1) is 11.3 Å². The van der Waals surface area contributed by atoms with Crippen molar-refractivity contribution in [1.82, 2.24) is 4.57 Å². The quantitative estimate of drug-likeness (QED) is 0.719. The van der Waals surface area contributed by atoms with E-state index >= 15 is 0 Å². The van der Waals surface area contributed by atoms with Crippen LogP contribution in [-0.4, -0.2) is 30.3 Å². The molecule has 1 aromatic carbocycles. The highest BCUT2D eigenvalue weighted by molar-refractivity contribution is 7.09. The summed E-state index contributed by atoms with van der Waals surface area (Å²) < 4.78 is 12.8. The Labute approximate surface area is 169 Å². The normalized spacial score (nSPS) is 13.1. The Bertz CT molecular complexity index is 891. The van der Waals surface area contributed by atoms with Crippen molar-refractivity contribution in [2.75, 3.05) is 14.2 Å². The van der Waals surface area contributed by atoms with Gasteiger partial charge < -0.3 is 14.0 Å². The average Bonchev–Trinajstić information content (AvgIpc) is 2.97. The maximum absolute atomic E-state index is 12.8. The predicted octanol–water partition coefficient (Wildman–Crippen LogP) is 4.68. The second-order valence-electron chi connectivity index (χ2n) is 7.98. The molecular weight excluding hydrogens is 384 g/mol. The molecular formula is C20H27ClN2O3S. The summed E-state index contributed by atoms with van der Waals surface area (Å²) in [6.07, 6.45) is 2.05. The van der Waals surface area contributed by atoms with Crippen LogP contribution in [0.1, 0.15) is 49.9 Å². The summed E-state index contributed by atoms with van der Waals surface area (Å²) in [5.41, 5.74) is -0.0934. The minimum absolute atomic E-state index is 0.0474. The average molecular weight is 411 g/mol. The molecule has 0 aliphatic heterocycles. The topological polar surface area (TPSA) is 52.8 Å². The lowest BCUT2D eigenvalue weighted by atomic mass is 9.95. The third-order valence-electron chi connectivity index (χ3n) is 4.15. The minimum atomic E-state index is -0.388. The molecule has 0 unspecified atom stereocenters. The first-order valence-electron chi connectivity index (χ1n) is 8.65. The van der Waals surface area contributed by atoms with Crippen molar-refractivity contribution in [3.63, 3.8) is 0 Å². The minimum Gasteiger partial charge on any atom is -0.496 e. The van der Waals surface area contributed by atoms with Gasteiger partial charge in [-0.3, -0.25) is 4.79 Å². The van der Waals surface area contributed by atoms with E-state index in [1.807, 2.05) is 24.6 Å². The van der Waals surface area contributed by atoms with E-state index in [-0.39, 0.29) is 16.9 Å². The van der Waals surface area contributed by atoms with E-state index in [4.69, 9.17) is 21.1 Å².